The van der Waals surface area contributed by atoms with E-state index < -0.39 is 0 Å². The van der Waals surface area contributed by atoms with Crippen LogP contribution in [-0.4, -0.2) is 23.5 Å². The first-order valence-corrected chi connectivity index (χ1v) is 10.0. The maximum absolute atomic E-state index is 10.8. The van der Waals surface area contributed by atoms with Crippen LogP contribution >= 0.6 is 0 Å². The van der Waals surface area contributed by atoms with Gasteiger partial charge in [-0.05, 0) is 43.0 Å². The van der Waals surface area contributed by atoms with E-state index >= 15 is 0 Å². The highest BCUT2D eigenvalue weighted by molar-refractivity contribution is 6.03. The lowest BCUT2D eigenvalue weighted by atomic mass is 10.0. The van der Waals surface area contributed by atoms with Gasteiger partial charge in [0.2, 0.25) is 0 Å². The Morgan fingerprint density at radius 1 is 1.30 bits per heavy atom. The molecule has 0 aromatic heterocycles. The second kappa shape index (κ2) is 9.20. The van der Waals surface area contributed by atoms with Crippen molar-refractivity contribution < 1.29 is 9.84 Å². The van der Waals surface area contributed by atoms with Crippen LogP contribution in [-0.2, 0) is 11.3 Å². The van der Waals surface area contributed by atoms with Gasteiger partial charge in [-0.1, -0.05) is 51.3 Å². The molecule has 0 saturated carbocycles. The molecule has 5 nitrogen and oxygen atoms in total. The van der Waals surface area contributed by atoms with Gasteiger partial charge in [0, 0.05) is 12.2 Å². The molecule has 0 spiro atoms. The maximum Gasteiger partial charge on any atom is 0.148 e. The minimum atomic E-state index is 0.0542. The molecule has 1 aliphatic carbocycles. The number of fused-ring (bicyclic) bond motifs is 1. The lowest BCUT2D eigenvalue weighted by molar-refractivity contribution is 0.0807. The second-order valence-corrected chi connectivity index (χ2v) is 7.41. The molecule has 0 saturated heterocycles. The van der Waals surface area contributed by atoms with Crippen molar-refractivity contribution in [1.29, 1.82) is 0 Å². The number of nitrogens with zero attached hydrogens (tertiary/aromatic N) is 2. The predicted molar refractivity (Wildman–Crippen MR) is 111 cm³/mol. The number of unbranched alkanes of at least 4 members (excludes halogenated alkanes) is 1. The van der Waals surface area contributed by atoms with Gasteiger partial charge in [0.25, 0.3) is 0 Å². The Kier molecular flexibility index (Phi) is 6.69. The highest BCUT2D eigenvalue weighted by atomic mass is 16.5. The predicted octanol–water partition coefficient (Wildman–Crippen LogP) is 4.61. The Bertz CT molecular complexity index is 739. The van der Waals surface area contributed by atoms with Crippen molar-refractivity contribution in [2.24, 2.45) is 11.0 Å². The van der Waals surface area contributed by atoms with Crippen molar-refractivity contribution in [3.05, 3.63) is 47.6 Å². The molecule has 5 heteroatoms. The van der Waals surface area contributed by atoms with E-state index in [1.54, 1.807) is 5.12 Å². The molecule has 0 bridgehead atoms. The number of hydrazone groups is 1. The smallest absolute Gasteiger partial charge is 0.148 e. The number of hydrazine groups is 1. The van der Waals surface area contributed by atoms with Crippen LogP contribution in [0.1, 0.15) is 50.7 Å². The number of phenols is 1. The van der Waals surface area contributed by atoms with Gasteiger partial charge < -0.3 is 9.84 Å². The Hall–Kier alpha value is -2.11. The molecule has 0 amide bonds. The zero-order chi connectivity index (χ0) is 19.2. The van der Waals surface area contributed by atoms with E-state index in [4.69, 9.17) is 4.74 Å². The summed E-state index contributed by atoms with van der Waals surface area (Å²) >= 11 is 0. The molecule has 27 heavy (non-hydrogen) atoms. The molecular weight excluding hydrogens is 338 g/mol. The van der Waals surface area contributed by atoms with Gasteiger partial charge in [-0.2, -0.15) is 15.6 Å². The van der Waals surface area contributed by atoms with Crippen LogP contribution in [0.4, 0.5) is 5.69 Å². The van der Waals surface area contributed by atoms with E-state index in [1.807, 2.05) is 37.3 Å². The first-order valence-electron chi connectivity index (χ1n) is 10.0. The third kappa shape index (κ3) is 4.79. The van der Waals surface area contributed by atoms with Gasteiger partial charge in [0.15, 0.2) is 0 Å². The van der Waals surface area contributed by atoms with Gasteiger partial charge in [0.1, 0.15) is 11.4 Å². The molecule has 1 aliphatic heterocycles. The topological polar surface area (TPSA) is 57.1 Å². The van der Waals surface area contributed by atoms with E-state index in [1.165, 1.54) is 19.3 Å². The van der Waals surface area contributed by atoms with E-state index in [0.29, 0.717) is 18.2 Å². The number of nitrogens with one attached hydrogen (secondary N) is 1. The largest absolute Gasteiger partial charge is 0.505 e. The van der Waals surface area contributed by atoms with Crippen molar-refractivity contribution in [2.45, 2.75) is 59.1 Å². The third-order valence-corrected chi connectivity index (χ3v) is 5.17. The molecular formula is C22H31N3O2. The van der Waals surface area contributed by atoms with Crippen LogP contribution in [0.15, 0.2) is 41.5 Å². The first kappa shape index (κ1) is 19.6. The lowest BCUT2D eigenvalue weighted by Gasteiger charge is -2.20. The number of hydrogen-bond donors (Lipinski definition) is 2. The van der Waals surface area contributed by atoms with Crippen LogP contribution in [0, 0.1) is 12.8 Å². The van der Waals surface area contributed by atoms with Crippen LogP contribution in [0.25, 0.3) is 0 Å². The van der Waals surface area contributed by atoms with Crippen molar-refractivity contribution in [2.75, 3.05) is 11.7 Å². The van der Waals surface area contributed by atoms with Crippen LogP contribution in [0.5, 0.6) is 5.75 Å². The second-order valence-electron chi connectivity index (χ2n) is 7.41. The maximum atomic E-state index is 10.8. The number of hydrogen-bond acceptors (Lipinski definition) is 5. The number of aromatic hydroxyl groups is 1. The number of phenolic OH excluding ortho intramolecular Hbond substituents is 1. The first-order chi connectivity index (χ1) is 13.1. The van der Waals surface area contributed by atoms with Crippen molar-refractivity contribution in [1.82, 2.24) is 5.43 Å². The fourth-order valence-corrected chi connectivity index (χ4v) is 3.47. The molecule has 1 heterocycles. The minimum Gasteiger partial charge on any atom is -0.505 e. The van der Waals surface area contributed by atoms with Gasteiger partial charge in [0.05, 0.1) is 18.4 Å². The average molecular weight is 370 g/mol. The van der Waals surface area contributed by atoms with E-state index in [2.05, 4.69) is 30.5 Å². The van der Waals surface area contributed by atoms with E-state index in [9.17, 15) is 5.11 Å². The summed E-state index contributed by atoms with van der Waals surface area (Å²) in [4.78, 5) is 0. The fraction of sp³-hybridized carbons (Fsp3) is 0.500. The van der Waals surface area contributed by atoms with Gasteiger partial charge >= 0.3 is 0 Å². The fourth-order valence-electron chi connectivity index (χ4n) is 3.47. The molecule has 1 aromatic carbocycles. The van der Waals surface area contributed by atoms with E-state index in [-0.39, 0.29) is 11.8 Å². The molecule has 2 unspecified atom stereocenters. The van der Waals surface area contributed by atoms with Crippen LogP contribution < -0.4 is 10.5 Å². The van der Waals surface area contributed by atoms with Crippen molar-refractivity contribution in [3.63, 3.8) is 0 Å². The Morgan fingerprint density at radius 3 is 2.89 bits per heavy atom. The quantitative estimate of drug-likeness (QED) is 0.667. The van der Waals surface area contributed by atoms with Crippen LogP contribution in [0.2, 0.25) is 0 Å². The molecule has 0 fully saturated rings. The van der Waals surface area contributed by atoms with E-state index in [0.717, 1.165) is 29.9 Å². The molecule has 2 N–H and O–H groups in total. The molecule has 146 valence electrons. The summed E-state index contributed by atoms with van der Waals surface area (Å²) in [6.45, 7) is 7.61. The monoisotopic (exact) mass is 369 g/mol. The summed E-state index contributed by atoms with van der Waals surface area (Å²) in [5, 5.41) is 17.1. The number of rotatable bonds is 9. The van der Waals surface area contributed by atoms with Gasteiger partial charge in [-0.3, -0.25) is 0 Å². The number of allylic oxidation sites excluding steroid dienone is 2. The normalized spacial score (nSPS) is 19.3. The molecule has 2 aliphatic rings. The average Bonchev–Trinajstić information content (AvgIpc) is 3.10. The summed E-state index contributed by atoms with van der Waals surface area (Å²) in [5.74, 6) is 0.815. The van der Waals surface area contributed by atoms with Crippen LogP contribution in [0.3, 0.4) is 0 Å². The highest BCUT2D eigenvalue weighted by Crippen LogP contribution is 2.34. The summed E-state index contributed by atoms with van der Waals surface area (Å²) in [6.07, 6.45) is 12.8. The zero-order valence-corrected chi connectivity index (χ0v) is 16.6. The Morgan fingerprint density at radius 2 is 2.15 bits per heavy atom. The summed E-state index contributed by atoms with van der Waals surface area (Å²) in [5.41, 5.74) is 6.78. The molecule has 0 radical (unpaired) electrons. The summed E-state index contributed by atoms with van der Waals surface area (Å²) < 4.78 is 5.96. The van der Waals surface area contributed by atoms with Gasteiger partial charge in [-0.15, -0.1) is 0 Å². The number of aryl methyl sites for hydroxylation is 1. The standard InChI is InChI=1S/C22H31N3O2/c1-4-6-9-17(5-2)14-27-15-18-12-16(3)13-21(22(18)26)25-23-19-10-7-8-11-20(19)24-25/h7-8,10-13,17,19,23,26H,4-6,9,14-15H2,1-3H3. The zero-order valence-electron chi connectivity index (χ0n) is 16.6. The number of anilines is 1. The van der Waals surface area contributed by atoms with Crippen molar-refractivity contribution >= 4 is 11.4 Å². The number of benzene rings is 1. The minimum absolute atomic E-state index is 0.0542. The molecule has 3 rings (SSSR count). The Labute approximate surface area is 162 Å². The summed E-state index contributed by atoms with van der Waals surface area (Å²) in [6, 6.07) is 3.98. The Balaban J connectivity index is 1.68. The SMILES string of the molecule is CCCCC(CC)COCc1cc(C)cc(N2N=C3C=CC=CC3N2)c1O. The molecule has 2 atom stereocenters. The third-order valence-electron chi connectivity index (χ3n) is 5.17. The summed E-state index contributed by atoms with van der Waals surface area (Å²) in [7, 11) is 0. The number of ether oxygens (including phenoxy) is 1. The highest BCUT2D eigenvalue weighted by Gasteiger charge is 2.26. The van der Waals surface area contributed by atoms with Gasteiger partial charge in [-0.25, -0.2) is 0 Å². The molecule has 1 aromatic rings. The van der Waals surface area contributed by atoms with Crippen molar-refractivity contribution in [3.8, 4) is 5.75 Å². The lowest BCUT2D eigenvalue weighted by Crippen LogP contribution is -2.37.